The van der Waals surface area contributed by atoms with Gasteiger partial charge in [-0.05, 0) is 0 Å². The molecular formula is C7H4N2O2S. The summed E-state index contributed by atoms with van der Waals surface area (Å²) in [6, 6.07) is 0. The number of hydrogen-bond acceptors (Lipinski definition) is 4. The van der Waals surface area contributed by atoms with Crippen molar-refractivity contribution in [2.45, 2.75) is 0 Å². The first-order chi connectivity index (χ1) is 5.79. The Morgan fingerprint density at radius 3 is 3.08 bits per heavy atom. The lowest BCUT2D eigenvalue weighted by Gasteiger charge is -1.92. The van der Waals surface area contributed by atoms with E-state index in [0.29, 0.717) is 5.39 Å². The van der Waals surface area contributed by atoms with E-state index in [1.54, 1.807) is 11.6 Å². The van der Waals surface area contributed by atoms with Gasteiger partial charge in [0.2, 0.25) is 0 Å². The largest absolute Gasteiger partial charge is 0.476 e. The summed E-state index contributed by atoms with van der Waals surface area (Å²) in [5.74, 6) is -1.04. The van der Waals surface area contributed by atoms with Crippen molar-refractivity contribution in [1.82, 2.24) is 10.2 Å². The highest BCUT2D eigenvalue weighted by Gasteiger charge is 2.10. The Hall–Kier alpha value is -1.49. The van der Waals surface area contributed by atoms with Crippen LogP contribution in [0.5, 0.6) is 0 Å². The van der Waals surface area contributed by atoms with Gasteiger partial charge in [0, 0.05) is 21.5 Å². The van der Waals surface area contributed by atoms with Gasteiger partial charge in [0.25, 0.3) is 0 Å². The maximum Gasteiger partial charge on any atom is 0.357 e. The van der Waals surface area contributed by atoms with Crippen LogP contribution in [0.4, 0.5) is 0 Å². The fourth-order valence-corrected chi connectivity index (χ4v) is 1.75. The summed E-state index contributed by atoms with van der Waals surface area (Å²) in [4.78, 5) is 10.6. The Morgan fingerprint density at radius 1 is 1.50 bits per heavy atom. The lowest BCUT2D eigenvalue weighted by molar-refractivity contribution is 0.0691. The first kappa shape index (κ1) is 7.17. The molecule has 0 fully saturated rings. The summed E-state index contributed by atoms with van der Waals surface area (Å²) in [5, 5.41) is 20.9. The van der Waals surface area contributed by atoms with Crippen LogP contribution < -0.4 is 0 Å². The molecule has 0 bridgehead atoms. The molecule has 0 unspecified atom stereocenters. The minimum Gasteiger partial charge on any atom is -0.476 e. The van der Waals surface area contributed by atoms with E-state index >= 15 is 0 Å². The van der Waals surface area contributed by atoms with E-state index in [2.05, 4.69) is 10.2 Å². The minimum absolute atomic E-state index is 0.0220. The molecule has 2 aromatic heterocycles. The van der Waals surface area contributed by atoms with Crippen LogP contribution in [0.15, 0.2) is 17.0 Å². The summed E-state index contributed by atoms with van der Waals surface area (Å²) in [5.41, 5.74) is 0.0220. The fourth-order valence-electron chi connectivity index (χ4n) is 0.960. The van der Waals surface area contributed by atoms with Gasteiger partial charge in [-0.3, -0.25) is 0 Å². The second-order valence-corrected chi connectivity index (χ2v) is 2.98. The standard InChI is InChI=1S/C7H4N2O2S/c10-7(11)6-5-3-12-2-4(5)1-8-9-6/h1-3H,(H,10,11). The van der Waals surface area contributed by atoms with Gasteiger partial charge >= 0.3 is 5.97 Å². The zero-order chi connectivity index (χ0) is 8.55. The van der Waals surface area contributed by atoms with E-state index < -0.39 is 5.97 Å². The van der Waals surface area contributed by atoms with Crippen LogP contribution in [0, 0.1) is 0 Å². The maximum absolute atomic E-state index is 10.6. The van der Waals surface area contributed by atoms with E-state index in [-0.39, 0.29) is 5.69 Å². The highest BCUT2D eigenvalue weighted by molar-refractivity contribution is 7.09. The topological polar surface area (TPSA) is 63.1 Å². The Labute approximate surface area is 71.5 Å². The highest BCUT2D eigenvalue weighted by Crippen LogP contribution is 2.19. The van der Waals surface area contributed by atoms with Gasteiger partial charge in [0.05, 0.1) is 6.20 Å². The molecule has 2 aromatic rings. The molecule has 12 heavy (non-hydrogen) atoms. The molecule has 0 amide bonds. The molecule has 2 rings (SSSR count). The number of rotatable bonds is 1. The van der Waals surface area contributed by atoms with Crippen molar-refractivity contribution in [3.8, 4) is 0 Å². The predicted molar refractivity (Wildman–Crippen MR) is 44.4 cm³/mol. The van der Waals surface area contributed by atoms with E-state index in [1.165, 1.54) is 11.3 Å². The third-order valence-corrected chi connectivity index (χ3v) is 2.27. The molecule has 0 radical (unpaired) electrons. The first-order valence-corrected chi connectivity index (χ1v) is 4.14. The summed E-state index contributed by atoms with van der Waals surface area (Å²) in [6.07, 6.45) is 1.55. The molecule has 0 aliphatic carbocycles. The molecule has 0 aliphatic heterocycles. The summed E-state index contributed by atoms with van der Waals surface area (Å²) < 4.78 is 0. The number of hydrogen-bond donors (Lipinski definition) is 1. The van der Waals surface area contributed by atoms with E-state index in [0.717, 1.165) is 5.39 Å². The van der Waals surface area contributed by atoms with Crippen molar-refractivity contribution in [1.29, 1.82) is 0 Å². The summed E-state index contributed by atoms with van der Waals surface area (Å²) >= 11 is 1.44. The summed E-state index contributed by atoms with van der Waals surface area (Å²) in [7, 11) is 0. The molecule has 4 nitrogen and oxygen atoms in total. The minimum atomic E-state index is -1.04. The van der Waals surface area contributed by atoms with Crippen molar-refractivity contribution in [2.24, 2.45) is 0 Å². The highest BCUT2D eigenvalue weighted by atomic mass is 32.1. The average Bonchev–Trinajstić information content (AvgIpc) is 2.49. The van der Waals surface area contributed by atoms with Crippen molar-refractivity contribution in [3.05, 3.63) is 22.7 Å². The maximum atomic E-state index is 10.6. The van der Waals surface area contributed by atoms with Crippen molar-refractivity contribution in [3.63, 3.8) is 0 Å². The molecule has 2 heterocycles. The zero-order valence-electron chi connectivity index (χ0n) is 5.89. The van der Waals surface area contributed by atoms with Gasteiger partial charge in [-0.25, -0.2) is 4.79 Å². The quantitative estimate of drug-likeness (QED) is 0.720. The van der Waals surface area contributed by atoms with Gasteiger partial charge in [-0.1, -0.05) is 0 Å². The molecule has 0 aromatic carbocycles. The number of carbonyl (C=O) groups is 1. The van der Waals surface area contributed by atoms with Crippen LogP contribution in [0.25, 0.3) is 10.8 Å². The molecule has 1 N–H and O–H groups in total. The smallest absolute Gasteiger partial charge is 0.357 e. The third kappa shape index (κ3) is 0.947. The van der Waals surface area contributed by atoms with Gasteiger partial charge in [0.1, 0.15) is 0 Å². The lowest BCUT2D eigenvalue weighted by Crippen LogP contribution is -2.01. The second-order valence-electron chi connectivity index (χ2n) is 2.24. The molecule has 0 aliphatic rings. The van der Waals surface area contributed by atoms with Crippen LogP contribution in [0.3, 0.4) is 0 Å². The van der Waals surface area contributed by atoms with Crippen LogP contribution in [-0.4, -0.2) is 21.3 Å². The Kier molecular flexibility index (Phi) is 1.51. The first-order valence-electron chi connectivity index (χ1n) is 3.20. The van der Waals surface area contributed by atoms with Gasteiger partial charge < -0.3 is 5.11 Å². The number of nitrogens with zero attached hydrogens (tertiary/aromatic N) is 2. The number of carboxylic acids is 1. The molecule has 0 saturated carbocycles. The van der Waals surface area contributed by atoms with Crippen LogP contribution in [0.1, 0.15) is 10.5 Å². The molecular weight excluding hydrogens is 176 g/mol. The third-order valence-electron chi connectivity index (χ3n) is 1.50. The zero-order valence-corrected chi connectivity index (χ0v) is 6.71. The number of aromatic nitrogens is 2. The molecule has 0 saturated heterocycles. The van der Waals surface area contributed by atoms with Crippen LogP contribution in [0.2, 0.25) is 0 Å². The predicted octanol–water partition coefficient (Wildman–Crippen LogP) is 1.39. The molecule has 0 atom stereocenters. The Morgan fingerprint density at radius 2 is 2.33 bits per heavy atom. The van der Waals surface area contributed by atoms with E-state index in [4.69, 9.17) is 5.11 Å². The molecule has 60 valence electrons. The van der Waals surface area contributed by atoms with Gasteiger partial charge in [-0.15, -0.1) is 5.10 Å². The normalized spacial score (nSPS) is 10.3. The van der Waals surface area contributed by atoms with Crippen LogP contribution >= 0.6 is 11.3 Å². The van der Waals surface area contributed by atoms with E-state index in [9.17, 15) is 4.79 Å². The average molecular weight is 180 g/mol. The number of thiophene rings is 1. The van der Waals surface area contributed by atoms with Crippen molar-refractivity contribution >= 4 is 28.1 Å². The number of fused-ring (bicyclic) bond motifs is 1. The second kappa shape index (κ2) is 2.53. The summed E-state index contributed by atoms with van der Waals surface area (Å²) in [6.45, 7) is 0. The van der Waals surface area contributed by atoms with Gasteiger partial charge in [0.15, 0.2) is 5.69 Å². The van der Waals surface area contributed by atoms with Gasteiger partial charge in [-0.2, -0.15) is 16.4 Å². The lowest BCUT2D eigenvalue weighted by atomic mass is 10.2. The van der Waals surface area contributed by atoms with E-state index in [1.807, 2.05) is 5.38 Å². The SMILES string of the molecule is O=C(O)c1nncc2cscc12. The molecule has 5 heteroatoms. The molecule has 0 spiro atoms. The fraction of sp³-hybridized carbons (Fsp3) is 0. The van der Waals surface area contributed by atoms with Crippen molar-refractivity contribution in [2.75, 3.05) is 0 Å². The van der Waals surface area contributed by atoms with Crippen LogP contribution in [-0.2, 0) is 0 Å². The Balaban J connectivity index is 2.82. The number of carboxylic acid groups (broad SMARTS) is 1. The monoisotopic (exact) mass is 180 g/mol. The number of aromatic carboxylic acids is 1. The van der Waals surface area contributed by atoms with Crippen molar-refractivity contribution < 1.29 is 9.90 Å². The Bertz CT molecular complexity index is 438.